The summed E-state index contributed by atoms with van der Waals surface area (Å²) in [5, 5.41) is 12.7. The van der Waals surface area contributed by atoms with E-state index in [1.54, 1.807) is 0 Å². The topological polar surface area (TPSA) is 102 Å². The van der Waals surface area contributed by atoms with E-state index in [9.17, 15) is 19.5 Å². The summed E-state index contributed by atoms with van der Waals surface area (Å²) >= 11 is 1.26. The molecular weight excluding hydrogens is 743 g/mol. The highest BCUT2D eigenvalue weighted by atomic mass is 32.2. The summed E-state index contributed by atoms with van der Waals surface area (Å²) in [4.78, 5) is 37.0. The largest absolute Gasteiger partial charge is 0.480 e. The van der Waals surface area contributed by atoms with Crippen LogP contribution in [0.25, 0.3) is 0 Å². The van der Waals surface area contributed by atoms with E-state index in [2.05, 4.69) is 26.1 Å². The second-order valence-electron chi connectivity index (χ2n) is 17.6. The third kappa shape index (κ3) is 40.1. The van der Waals surface area contributed by atoms with Crippen LogP contribution < -0.4 is 5.32 Å². The van der Waals surface area contributed by atoms with Crippen molar-refractivity contribution in [3.05, 3.63) is 0 Å². The molecule has 344 valence electrons. The van der Waals surface area contributed by atoms with Gasteiger partial charge in [0, 0.05) is 25.2 Å². The minimum Gasteiger partial charge on any atom is -0.480 e. The molecule has 8 heteroatoms. The van der Waals surface area contributed by atoms with Crippen molar-refractivity contribution in [3.63, 3.8) is 0 Å². The molecular formula is C50H97NO6S. The van der Waals surface area contributed by atoms with E-state index in [0.29, 0.717) is 19.4 Å². The summed E-state index contributed by atoms with van der Waals surface area (Å²) in [5.41, 5.74) is 0. The number of rotatable bonds is 47. The van der Waals surface area contributed by atoms with Crippen molar-refractivity contribution in [2.45, 2.75) is 283 Å². The van der Waals surface area contributed by atoms with E-state index in [4.69, 9.17) is 9.47 Å². The number of nitrogens with one attached hydrogen (secondary N) is 1. The first kappa shape index (κ1) is 56.7. The van der Waals surface area contributed by atoms with Gasteiger partial charge in [-0.15, -0.1) is 11.8 Å². The van der Waals surface area contributed by atoms with E-state index < -0.39 is 16.9 Å². The van der Waals surface area contributed by atoms with Crippen LogP contribution in [-0.4, -0.2) is 52.9 Å². The molecule has 0 radical (unpaired) electrons. The van der Waals surface area contributed by atoms with Crippen LogP contribution in [0.1, 0.15) is 272 Å². The Bertz CT molecular complexity index is 919. The number of carbonyl (C=O) groups excluding carboxylic acids is 2. The van der Waals surface area contributed by atoms with Crippen LogP contribution in [-0.2, 0) is 23.9 Å². The van der Waals surface area contributed by atoms with Crippen LogP contribution in [0.5, 0.6) is 0 Å². The van der Waals surface area contributed by atoms with Crippen molar-refractivity contribution >= 4 is 29.6 Å². The Morgan fingerprint density at radius 2 is 0.828 bits per heavy atom. The summed E-state index contributed by atoms with van der Waals surface area (Å²) in [6.45, 7) is 9.37. The van der Waals surface area contributed by atoms with Gasteiger partial charge in [-0.05, 0) is 26.2 Å². The molecule has 0 spiro atoms. The number of carboxylic acids is 1. The molecule has 0 aliphatic rings. The normalized spacial score (nSPS) is 13.0. The number of carboxylic acid groups (broad SMARTS) is 1. The van der Waals surface area contributed by atoms with Crippen LogP contribution in [0.4, 0.5) is 0 Å². The predicted molar refractivity (Wildman–Crippen MR) is 250 cm³/mol. The molecule has 0 aromatic carbocycles. The fourth-order valence-electron chi connectivity index (χ4n) is 7.63. The molecule has 58 heavy (non-hydrogen) atoms. The van der Waals surface area contributed by atoms with Gasteiger partial charge >= 0.3 is 11.9 Å². The van der Waals surface area contributed by atoms with Crippen molar-refractivity contribution in [1.82, 2.24) is 5.32 Å². The molecule has 0 aromatic rings. The van der Waals surface area contributed by atoms with Crippen molar-refractivity contribution < 1.29 is 29.0 Å². The molecule has 0 fully saturated rings. The van der Waals surface area contributed by atoms with Crippen LogP contribution in [0.15, 0.2) is 0 Å². The highest BCUT2D eigenvalue weighted by molar-refractivity contribution is 8.00. The summed E-state index contributed by atoms with van der Waals surface area (Å²) in [6.07, 6.45) is 45.5. The van der Waals surface area contributed by atoms with E-state index in [1.165, 1.54) is 192 Å². The van der Waals surface area contributed by atoms with Gasteiger partial charge in [0.15, 0.2) is 4.93 Å². The summed E-state index contributed by atoms with van der Waals surface area (Å²) < 4.78 is 12.1. The van der Waals surface area contributed by atoms with Gasteiger partial charge in [0.05, 0.1) is 6.61 Å². The van der Waals surface area contributed by atoms with Gasteiger partial charge in [-0.3, -0.25) is 9.59 Å². The molecule has 1 amide bonds. The second kappa shape index (κ2) is 43.8. The van der Waals surface area contributed by atoms with E-state index >= 15 is 0 Å². The maximum Gasteiger partial charge on any atom is 0.327 e. The fraction of sp³-hybridized carbons (Fsp3) is 0.940. The standard InChI is InChI=1S/C50H97NO6S/c1-5-8-11-14-17-20-22-24-26-28-31-34-37-40-43-56-45-50(4,57-48(53)42-39-36-33-29-19-16-13-10-7-3)58-44-46(49(54)55)51-47(52)41-38-35-32-30-27-25-23-21-18-15-12-9-6-2/h46H,5-45H2,1-4H3,(H,51,52)(H,54,55)/t46-,50?/m0/s1. The van der Waals surface area contributed by atoms with E-state index in [1.807, 2.05) is 6.92 Å². The number of ether oxygens (including phenoxy) is 2. The highest BCUT2D eigenvalue weighted by Gasteiger charge is 2.33. The summed E-state index contributed by atoms with van der Waals surface area (Å²) in [7, 11) is 0. The summed E-state index contributed by atoms with van der Waals surface area (Å²) in [5.74, 6) is -1.47. The first-order valence-corrected chi connectivity index (χ1v) is 26.2. The molecule has 0 saturated carbocycles. The van der Waals surface area contributed by atoms with E-state index in [0.717, 1.165) is 51.4 Å². The SMILES string of the molecule is CCCCCCCCCCCCCCCCOCC(C)(OC(=O)CCCCCCCCCCC)SC[C@H](NC(=O)CCCCCCCCCCCCCCC)C(=O)O. The predicted octanol–water partition coefficient (Wildman–Crippen LogP) is 15.4. The molecule has 0 aromatic heterocycles. The number of unbranched alkanes of at least 4 members (excludes halogenated alkanes) is 33. The number of hydrogen-bond donors (Lipinski definition) is 2. The Morgan fingerprint density at radius 3 is 1.19 bits per heavy atom. The van der Waals surface area contributed by atoms with Crippen molar-refractivity contribution in [2.75, 3.05) is 19.0 Å². The molecule has 0 rings (SSSR count). The first-order chi connectivity index (χ1) is 28.3. The Kier molecular flexibility index (Phi) is 42.8. The number of amides is 1. The van der Waals surface area contributed by atoms with Gasteiger partial charge in [0.2, 0.25) is 5.91 Å². The monoisotopic (exact) mass is 840 g/mol. The third-order valence-corrected chi connectivity index (χ3v) is 12.8. The lowest BCUT2D eigenvalue weighted by molar-refractivity contribution is -0.154. The smallest absolute Gasteiger partial charge is 0.327 e. The molecule has 0 saturated heterocycles. The average molecular weight is 840 g/mol. The van der Waals surface area contributed by atoms with Gasteiger partial charge in [-0.25, -0.2) is 4.79 Å². The highest BCUT2D eigenvalue weighted by Crippen LogP contribution is 2.29. The Labute approximate surface area is 364 Å². The number of carbonyl (C=O) groups is 3. The fourth-order valence-corrected chi connectivity index (χ4v) is 8.70. The molecule has 0 bridgehead atoms. The van der Waals surface area contributed by atoms with Gasteiger partial charge < -0.3 is 19.9 Å². The first-order valence-electron chi connectivity index (χ1n) is 25.2. The van der Waals surface area contributed by atoms with Crippen molar-refractivity contribution in [2.24, 2.45) is 0 Å². The zero-order valence-electron chi connectivity index (χ0n) is 39.0. The van der Waals surface area contributed by atoms with Gasteiger partial charge in [0.25, 0.3) is 0 Å². The number of esters is 1. The molecule has 0 aliphatic carbocycles. The minimum atomic E-state index is -1.07. The lowest BCUT2D eigenvalue weighted by atomic mass is 10.0. The Balaban J connectivity index is 4.61. The maximum absolute atomic E-state index is 13.0. The van der Waals surface area contributed by atoms with E-state index in [-0.39, 0.29) is 24.2 Å². The van der Waals surface area contributed by atoms with Gasteiger partial charge in [-0.2, -0.15) is 0 Å². The number of aliphatic carboxylic acids is 1. The Morgan fingerprint density at radius 1 is 0.500 bits per heavy atom. The van der Waals surface area contributed by atoms with Crippen LogP contribution in [0.3, 0.4) is 0 Å². The zero-order chi connectivity index (χ0) is 42.6. The third-order valence-electron chi connectivity index (χ3n) is 11.5. The van der Waals surface area contributed by atoms with Crippen LogP contribution >= 0.6 is 11.8 Å². The molecule has 2 N–H and O–H groups in total. The van der Waals surface area contributed by atoms with Gasteiger partial charge in [-0.1, -0.05) is 233 Å². The number of hydrogen-bond acceptors (Lipinski definition) is 6. The summed E-state index contributed by atoms with van der Waals surface area (Å²) in [6, 6.07) is -1.05. The van der Waals surface area contributed by atoms with Gasteiger partial charge in [0.1, 0.15) is 6.04 Å². The maximum atomic E-state index is 13.0. The molecule has 1 unspecified atom stereocenters. The number of thioether (sulfide) groups is 1. The molecule has 2 atom stereocenters. The molecule has 0 heterocycles. The Hall–Kier alpha value is -1.28. The van der Waals surface area contributed by atoms with Crippen LogP contribution in [0.2, 0.25) is 0 Å². The quantitative estimate of drug-likeness (QED) is 0.0357. The van der Waals surface area contributed by atoms with Crippen molar-refractivity contribution in [1.29, 1.82) is 0 Å². The molecule has 7 nitrogen and oxygen atoms in total. The second-order valence-corrected chi connectivity index (χ2v) is 19.1. The lowest BCUT2D eigenvalue weighted by Gasteiger charge is -2.30. The molecule has 0 aliphatic heterocycles. The lowest BCUT2D eigenvalue weighted by Crippen LogP contribution is -2.44. The zero-order valence-corrected chi connectivity index (χ0v) is 39.8. The van der Waals surface area contributed by atoms with Crippen molar-refractivity contribution in [3.8, 4) is 0 Å². The average Bonchev–Trinajstić information content (AvgIpc) is 3.20. The minimum absolute atomic E-state index is 0.101. The van der Waals surface area contributed by atoms with Crippen LogP contribution in [0, 0.1) is 0 Å².